The van der Waals surface area contributed by atoms with E-state index in [1.165, 1.54) is 0 Å². The summed E-state index contributed by atoms with van der Waals surface area (Å²) in [5.74, 6) is -0.706. The fourth-order valence-corrected chi connectivity index (χ4v) is 2.70. The Labute approximate surface area is 108 Å². The van der Waals surface area contributed by atoms with Crippen LogP contribution in [0.4, 0.5) is 0 Å². The van der Waals surface area contributed by atoms with Crippen molar-refractivity contribution in [2.45, 2.75) is 44.2 Å². The Hall–Kier alpha value is -0.650. The van der Waals surface area contributed by atoms with Crippen LogP contribution in [0.2, 0.25) is 0 Å². The van der Waals surface area contributed by atoms with Crippen LogP contribution in [0.25, 0.3) is 0 Å². The van der Waals surface area contributed by atoms with Gasteiger partial charge in [-0.05, 0) is 31.6 Å². The van der Waals surface area contributed by atoms with Crippen LogP contribution in [-0.2, 0) is 9.53 Å². The second-order valence-corrected chi connectivity index (χ2v) is 5.61. The molecular weight excluding hydrogens is 232 g/mol. The number of ether oxygens (including phenoxy) is 1. The van der Waals surface area contributed by atoms with Gasteiger partial charge >= 0.3 is 5.97 Å². The Morgan fingerprint density at radius 3 is 2.83 bits per heavy atom. The zero-order chi connectivity index (χ0) is 13.2. The summed E-state index contributed by atoms with van der Waals surface area (Å²) >= 11 is 0. The first-order valence-electron chi connectivity index (χ1n) is 6.92. The van der Waals surface area contributed by atoms with Crippen LogP contribution < -0.4 is 5.73 Å². The minimum Gasteiger partial charge on any atom is -0.480 e. The van der Waals surface area contributed by atoms with Gasteiger partial charge in [0.1, 0.15) is 5.54 Å². The van der Waals surface area contributed by atoms with Crippen LogP contribution in [0.1, 0.15) is 32.6 Å². The molecule has 3 N–H and O–H groups in total. The first-order valence-corrected chi connectivity index (χ1v) is 6.92. The molecule has 1 saturated heterocycles. The molecule has 5 nitrogen and oxygen atoms in total. The van der Waals surface area contributed by atoms with Gasteiger partial charge in [-0.15, -0.1) is 0 Å². The Morgan fingerprint density at radius 2 is 2.28 bits per heavy atom. The summed E-state index contributed by atoms with van der Waals surface area (Å²) in [6, 6.07) is 0. The minimum atomic E-state index is -1.07. The van der Waals surface area contributed by atoms with Crippen molar-refractivity contribution in [3.05, 3.63) is 0 Å². The second-order valence-electron chi connectivity index (χ2n) is 5.61. The molecule has 0 aromatic rings. The molecule has 1 aliphatic heterocycles. The number of nitrogens with zero attached hydrogens (tertiary/aromatic N) is 1. The molecule has 18 heavy (non-hydrogen) atoms. The lowest BCUT2D eigenvalue weighted by Gasteiger charge is -2.32. The monoisotopic (exact) mass is 256 g/mol. The topological polar surface area (TPSA) is 75.8 Å². The molecule has 104 valence electrons. The van der Waals surface area contributed by atoms with Gasteiger partial charge in [-0.25, -0.2) is 0 Å². The smallest absolute Gasteiger partial charge is 0.325 e. The molecule has 0 radical (unpaired) electrons. The van der Waals surface area contributed by atoms with E-state index in [4.69, 9.17) is 10.5 Å². The largest absolute Gasteiger partial charge is 0.480 e. The zero-order valence-corrected chi connectivity index (χ0v) is 11.1. The number of rotatable bonds is 5. The van der Waals surface area contributed by atoms with Crippen molar-refractivity contribution in [3.63, 3.8) is 0 Å². The highest BCUT2D eigenvalue weighted by molar-refractivity contribution is 5.79. The van der Waals surface area contributed by atoms with E-state index in [9.17, 15) is 9.90 Å². The summed E-state index contributed by atoms with van der Waals surface area (Å²) in [6.45, 7) is 5.00. The Morgan fingerprint density at radius 1 is 1.56 bits per heavy atom. The lowest BCUT2D eigenvalue weighted by Crippen LogP contribution is -2.58. The van der Waals surface area contributed by atoms with Crippen molar-refractivity contribution in [1.82, 2.24) is 4.90 Å². The van der Waals surface area contributed by atoms with E-state index in [2.05, 4.69) is 11.8 Å². The highest BCUT2D eigenvalue weighted by Crippen LogP contribution is 2.39. The van der Waals surface area contributed by atoms with Gasteiger partial charge in [0, 0.05) is 26.2 Å². The fourth-order valence-electron chi connectivity index (χ4n) is 2.70. The van der Waals surface area contributed by atoms with Gasteiger partial charge in [0.2, 0.25) is 0 Å². The average molecular weight is 256 g/mol. The van der Waals surface area contributed by atoms with Crippen molar-refractivity contribution < 1.29 is 14.6 Å². The number of carboxylic acid groups (broad SMARTS) is 1. The van der Waals surface area contributed by atoms with Crippen LogP contribution in [0.5, 0.6) is 0 Å². The highest BCUT2D eigenvalue weighted by Gasteiger charge is 2.49. The molecular formula is C13H24N2O3. The summed E-state index contributed by atoms with van der Waals surface area (Å²) in [4.78, 5) is 13.6. The summed E-state index contributed by atoms with van der Waals surface area (Å²) in [6.07, 6.45) is 4.03. The molecule has 0 aromatic heterocycles. The first kappa shape index (κ1) is 13.8. The third-order valence-corrected chi connectivity index (χ3v) is 4.08. The van der Waals surface area contributed by atoms with Crippen molar-refractivity contribution in [2.75, 3.05) is 26.2 Å². The average Bonchev–Trinajstić information content (AvgIpc) is 3.16. The maximum Gasteiger partial charge on any atom is 0.325 e. The minimum absolute atomic E-state index is 0.152. The number of carboxylic acids is 1. The molecule has 2 rings (SSSR count). The molecule has 0 amide bonds. The third-order valence-electron chi connectivity index (χ3n) is 4.08. The molecule has 1 saturated carbocycles. The van der Waals surface area contributed by atoms with E-state index in [-0.39, 0.29) is 12.0 Å². The van der Waals surface area contributed by atoms with Crippen molar-refractivity contribution in [2.24, 2.45) is 11.7 Å². The third kappa shape index (κ3) is 3.02. The summed E-state index contributed by atoms with van der Waals surface area (Å²) in [7, 11) is 0. The number of carbonyl (C=O) groups is 1. The molecule has 1 aliphatic carbocycles. The van der Waals surface area contributed by atoms with Gasteiger partial charge in [-0.3, -0.25) is 9.69 Å². The first-order chi connectivity index (χ1) is 8.56. The van der Waals surface area contributed by atoms with Crippen molar-refractivity contribution in [1.29, 1.82) is 0 Å². The van der Waals surface area contributed by atoms with E-state index in [1.807, 2.05) is 0 Å². The van der Waals surface area contributed by atoms with Gasteiger partial charge in [-0.2, -0.15) is 0 Å². The number of hydrogen-bond acceptors (Lipinski definition) is 4. The van der Waals surface area contributed by atoms with Gasteiger partial charge in [0.05, 0.1) is 6.10 Å². The normalized spacial score (nSPS) is 29.6. The highest BCUT2D eigenvalue weighted by atomic mass is 16.5. The quantitative estimate of drug-likeness (QED) is 0.756. The van der Waals surface area contributed by atoms with Gasteiger partial charge in [0.25, 0.3) is 0 Å². The Bertz CT molecular complexity index is 307. The van der Waals surface area contributed by atoms with E-state index in [0.717, 1.165) is 45.4 Å². The molecule has 2 atom stereocenters. The predicted octanol–water partition coefficient (Wildman–Crippen LogP) is 0.679. The molecule has 2 fully saturated rings. The molecule has 2 aliphatic rings. The SMILES string of the molecule is CCC1CN(CC(N)(C(=O)O)C2CC2)CCCO1. The van der Waals surface area contributed by atoms with Crippen molar-refractivity contribution >= 4 is 5.97 Å². The number of nitrogens with two attached hydrogens (primary N) is 1. The summed E-state index contributed by atoms with van der Waals surface area (Å²) in [5.41, 5.74) is 5.07. The Balaban J connectivity index is 1.99. The van der Waals surface area contributed by atoms with Crippen LogP contribution in [-0.4, -0.2) is 53.9 Å². The molecule has 2 unspecified atom stereocenters. The van der Waals surface area contributed by atoms with E-state index in [1.54, 1.807) is 0 Å². The molecule has 0 bridgehead atoms. The maximum atomic E-state index is 11.4. The van der Waals surface area contributed by atoms with Gasteiger partial charge < -0.3 is 15.6 Å². The Kier molecular flexibility index (Phi) is 4.25. The summed E-state index contributed by atoms with van der Waals surface area (Å²) < 4.78 is 5.70. The van der Waals surface area contributed by atoms with Crippen LogP contribution in [0.15, 0.2) is 0 Å². The van der Waals surface area contributed by atoms with Crippen LogP contribution in [0.3, 0.4) is 0 Å². The lowest BCUT2D eigenvalue weighted by atomic mass is 9.93. The maximum absolute atomic E-state index is 11.4. The van der Waals surface area contributed by atoms with E-state index < -0.39 is 11.5 Å². The second kappa shape index (κ2) is 5.55. The molecule has 0 aromatic carbocycles. The van der Waals surface area contributed by atoms with Crippen LogP contribution in [0, 0.1) is 5.92 Å². The predicted molar refractivity (Wildman–Crippen MR) is 68.4 cm³/mol. The molecule has 5 heteroatoms. The van der Waals surface area contributed by atoms with Crippen LogP contribution >= 0.6 is 0 Å². The summed E-state index contributed by atoms with van der Waals surface area (Å²) in [5, 5.41) is 9.38. The van der Waals surface area contributed by atoms with Gasteiger partial charge in [-0.1, -0.05) is 6.92 Å². The number of aliphatic carboxylic acids is 1. The molecule has 1 heterocycles. The zero-order valence-electron chi connectivity index (χ0n) is 11.1. The van der Waals surface area contributed by atoms with E-state index >= 15 is 0 Å². The van der Waals surface area contributed by atoms with Crippen molar-refractivity contribution in [3.8, 4) is 0 Å². The fraction of sp³-hybridized carbons (Fsp3) is 0.923. The standard InChI is InChI=1S/C13H24N2O3/c1-2-11-8-15(6-3-7-18-11)9-13(14,12(16)17)10-4-5-10/h10-11H,2-9,14H2,1H3,(H,16,17). The molecule has 0 spiro atoms. The van der Waals surface area contributed by atoms with Gasteiger partial charge in [0.15, 0.2) is 0 Å². The number of hydrogen-bond donors (Lipinski definition) is 2. The lowest BCUT2D eigenvalue weighted by molar-refractivity contribution is -0.145. The van der Waals surface area contributed by atoms with E-state index in [0.29, 0.717) is 6.54 Å².